The van der Waals surface area contributed by atoms with E-state index in [4.69, 9.17) is 19.3 Å². The van der Waals surface area contributed by atoms with Gasteiger partial charge in [-0.25, -0.2) is 4.57 Å². The van der Waals surface area contributed by atoms with Crippen LogP contribution >= 0.6 is 7.82 Å². The first-order valence-electron chi connectivity index (χ1n) is 17.3. The highest BCUT2D eigenvalue weighted by atomic mass is 31.2. The van der Waals surface area contributed by atoms with Gasteiger partial charge in [0.2, 0.25) is 0 Å². The molecule has 276 valence electrons. The molecule has 0 aromatic heterocycles. The molecule has 0 aliphatic heterocycles. The van der Waals surface area contributed by atoms with E-state index in [0.29, 0.717) is 12.8 Å². The molecule has 0 bridgehead atoms. The Kier molecular flexibility index (Phi) is 28.1. The van der Waals surface area contributed by atoms with Gasteiger partial charge in [0.15, 0.2) is 6.10 Å². The number of carbonyl (C=O) groups is 2. The van der Waals surface area contributed by atoms with E-state index < -0.39 is 57.4 Å². The van der Waals surface area contributed by atoms with Crippen LogP contribution < -0.4 is 0 Å². The van der Waals surface area contributed by atoms with Gasteiger partial charge in [-0.1, -0.05) is 126 Å². The van der Waals surface area contributed by atoms with Crippen molar-refractivity contribution in [3.8, 4) is 0 Å². The third-order valence-electron chi connectivity index (χ3n) is 7.43. The lowest BCUT2D eigenvalue weighted by Gasteiger charge is -2.18. The summed E-state index contributed by atoms with van der Waals surface area (Å²) in [5.41, 5.74) is 0. The Morgan fingerprint density at radius 1 is 0.729 bits per heavy atom. The molecule has 12 heteroatoms. The first kappa shape index (κ1) is 45.6. The van der Waals surface area contributed by atoms with Gasteiger partial charge < -0.3 is 34.6 Å². The van der Waals surface area contributed by atoms with Crippen LogP contribution in [0.1, 0.15) is 111 Å². The van der Waals surface area contributed by atoms with Crippen LogP contribution in [0, 0.1) is 5.92 Å². The van der Waals surface area contributed by atoms with Crippen molar-refractivity contribution in [1.29, 1.82) is 0 Å². The number of hydrogen-bond acceptors (Lipinski definition) is 9. The number of aliphatic hydroxyl groups excluding tert-OH is 3. The number of aliphatic hydroxyl groups is 3. The van der Waals surface area contributed by atoms with Crippen molar-refractivity contribution < 1.29 is 53.3 Å². The Bertz CT molecular complexity index is 1030. The summed E-state index contributed by atoms with van der Waals surface area (Å²) in [6, 6.07) is 0. The van der Waals surface area contributed by atoms with Gasteiger partial charge in [-0.2, -0.15) is 0 Å². The number of unbranched alkanes of at least 4 members (excludes halogenated alkanes) is 5. The molecule has 0 aliphatic rings. The normalized spacial score (nSPS) is 15.9. The second-order valence-electron chi connectivity index (χ2n) is 11.9. The van der Waals surface area contributed by atoms with Crippen molar-refractivity contribution in [2.45, 2.75) is 135 Å². The molecule has 0 spiro atoms. The minimum atomic E-state index is -4.83. The maximum atomic E-state index is 12.3. The molecule has 0 heterocycles. The lowest BCUT2D eigenvalue weighted by atomic mass is 10.00. The number of allylic oxidation sites excluding steroid dienone is 7. The zero-order valence-corrected chi connectivity index (χ0v) is 30.0. The van der Waals surface area contributed by atoms with E-state index in [1.807, 2.05) is 19.1 Å². The zero-order valence-electron chi connectivity index (χ0n) is 29.1. The van der Waals surface area contributed by atoms with E-state index in [9.17, 15) is 29.5 Å². The zero-order chi connectivity index (χ0) is 36.0. The van der Waals surface area contributed by atoms with Crippen LogP contribution in [0.4, 0.5) is 0 Å². The van der Waals surface area contributed by atoms with Gasteiger partial charge in [-0.15, -0.1) is 0 Å². The molecule has 0 fully saturated rings. The minimum absolute atomic E-state index is 0.0906. The predicted octanol–water partition coefficient (Wildman–Crippen LogP) is 6.55. The lowest BCUT2D eigenvalue weighted by molar-refractivity contribution is -0.161. The standard InChI is InChI=1S/C36H61O11P/c1-4-6-15-22-31(37)23-17-12-8-9-13-18-24-33(38)34(39)25-20-27-35(40)45-28-32(29-46-48(42,43)44)47-36(41)26-19-14-10-7-11-16-21-30(3)5-2/h6,8-9,12-13,15,17-18,23-24,30-34,37-39H,4-5,7,10-11,14,16,19-22,25-29H2,1-3H3,(H2,42,43,44)/b12-8+,13-9-,15-6-,23-17+,24-18-/t30?,31-,32-,33+,34+/m1/s1. The van der Waals surface area contributed by atoms with Crippen molar-refractivity contribution in [3.05, 3.63) is 60.8 Å². The van der Waals surface area contributed by atoms with E-state index in [1.165, 1.54) is 31.8 Å². The molecule has 0 saturated heterocycles. The van der Waals surface area contributed by atoms with Gasteiger partial charge in [0.1, 0.15) is 6.61 Å². The molecule has 0 aliphatic carbocycles. The molecule has 0 amide bonds. The lowest BCUT2D eigenvalue weighted by Crippen LogP contribution is -2.29. The SMILES string of the molecule is CC/C=C\C[C@@H](O)/C=C/C=C/C=C\C=C/[C@H](O)[C@@H](O)CCCC(=O)OC[C@H](COP(=O)(O)O)OC(=O)CCCCCCCCC(C)CC. The van der Waals surface area contributed by atoms with Crippen LogP contribution in [-0.4, -0.2) is 74.7 Å². The van der Waals surface area contributed by atoms with Crippen LogP contribution in [0.3, 0.4) is 0 Å². The third kappa shape index (κ3) is 29.7. The van der Waals surface area contributed by atoms with E-state index in [-0.39, 0.29) is 25.7 Å². The van der Waals surface area contributed by atoms with E-state index >= 15 is 0 Å². The number of hydrogen-bond donors (Lipinski definition) is 5. The summed E-state index contributed by atoms with van der Waals surface area (Å²) in [5.74, 6) is -0.481. The number of phosphoric acid groups is 1. The fourth-order valence-corrected chi connectivity index (χ4v) is 4.70. The van der Waals surface area contributed by atoms with E-state index in [2.05, 4.69) is 18.4 Å². The first-order valence-corrected chi connectivity index (χ1v) is 18.8. The van der Waals surface area contributed by atoms with Crippen LogP contribution in [-0.2, 0) is 28.2 Å². The molecule has 0 aromatic rings. The Morgan fingerprint density at radius 2 is 1.33 bits per heavy atom. The summed E-state index contributed by atoms with van der Waals surface area (Å²) in [7, 11) is -4.83. The minimum Gasteiger partial charge on any atom is -0.462 e. The summed E-state index contributed by atoms with van der Waals surface area (Å²) in [4.78, 5) is 42.6. The van der Waals surface area contributed by atoms with Gasteiger partial charge >= 0.3 is 19.8 Å². The molecular weight excluding hydrogens is 639 g/mol. The van der Waals surface area contributed by atoms with Crippen LogP contribution in [0.15, 0.2) is 60.8 Å². The molecule has 1 unspecified atom stereocenters. The van der Waals surface area contributed by atoms with Gasteiger partial charge in [0.05, 0.1) is 24.9 Å². The second-order valence-corrected chi connectivity index (χ2v) is 13.2. The monoisotopic (exact) mass is 700 g/mol. The van der Waals surface area contributed by atoms with Crippen molar-refractivity contribution in [1.82, 2.24) is 0 Å². The number of ether oxygens (including phenoxy) is 2. The second kappa shape index (κ2) is 29.5. The number of phosphoric ester groups is 1. The van der Waals surface area contributed by atoms with Gasteiger partial charge in [-0.05, 0) is 38.0 Å². The maximum Gasteiger partial charge on any atom is 0.469 e. The summed E-state index contributed by atoms with van der Waals surface area (Å²) in [5, 5.41) is 30.1. The highest BCUT2D eigenvalue weighted by Gasteiger charge is 2.23. The molecule has 0 saturated carbocycles. The summed E-state index contributed by atoms with van der Waals surface area (Å²) in [6.45, 7) is 5.40. The van der Waals surface area contributed by atoms with Crippen molar-refractivity contribution >= 4 is 19.8 Å². The van der Waals surface area contributed by atoms with E-state index in [1.54, 1.807) is 42.5 Å². The first-order chi connectivity index (χ1) is 22.9. The molecule has 0 rings (SSSR count). The van der Waals surface area contributed by atoms with E-state index in [0.717, 1.165) is 31.6 Å². The average molecular weight is 701 g/mol. The van der Waals surface area contributed by atoms with Crippen molar-refractivity contribution in [2.75, 3.05) is 13.2 Å². The molecule has 11 nitrogen and oxygen atoms in total. The fraction of sp³-hybridized carbons (Fsp3) is 0.667. The number of rotatable bonds is 29. The molecule has 48 heavy (non-hydrogen) atoms. The van der Waals surface area contributed by atoms with Gasteiger partial charge in [0, 0.05) is 12.8 Å². The van der Waals surface area contributed by atoms with Gasteiger partial charge in [0.25, 0.3) is 0 Å². The smallest absolute Gasteiger partial charge is 0.462 e. The molecular formula is C36H61O11P. The Hall–Kier alpha value is -2.37. The third-order valence-corrected chi connectivity index (χ3v) is 7.92. The molecule has 5 N–H and O–H groups in total. The summed E-state index contributed by atoms with van der Waals surface area (Å²) in [6.07, 6.45) is 23.5. The molecule has 5 atom stereocenters. The maximum absolute atomic E-state index is 12.3. The Balaban J connectivity index is 4.42. The Labute approximate surface area is 287 Å². The number of carbonyl (C=O) groups excluding carboxylic acids is 2. The summed E-state index contributed by atoms with van der Waals surface area (Å²) < 4.78 is 26.0. The predicted molar refractivity (Wildman–Crippen MR) is 188 cm³/mol. The quantitative estimate of drug-likeness (QED) is 0.0188. The van der Waals surface area contributed by atoms with Crippen molar-refractivity contribution in [3.63, 3.8) is 0 Å². The fourth-order valence-electron chi connectivity index (χ4n) is 4.34. The Morgan fingerprint density at radius 3 is 1.98 bits per heavy atom. The average Bonchev–Trinajstić information content (AvgIpc) is 3.04. The molecule has 0 aromatic carbocycles. The van der Waals surface area contributed by atoms with Gasteiger partial charge in [-0.3, -0.25) is 14.1 Å². The van der Waals surface area contributed by atoms with Crippen molar-refractivity contribution in [2.24, 2.45) is 5.92 Å². The van der Waals surface area contributed by atoms with Crippen LogP contribution in [0.2, 0.25) is 0 Å². The van der Waals surface area contributed by atoms with Crippen LogP contribution in [0.25, 0.3) is 0 Å². The highest BCUT2D eigenvalue weighted by Crippen LogP contribution is 2.36. The largest absolute Gasteiger partial charge is 0.469 e. The number of esters is 2. The highest BCUT2D eigenvalue weighted by molar-refractivity contribution is 7.46. The summed E-state index contributed by atoms with van der Waals surface area (Å²) >= 11 is 0. The topological polar surface area (TPSA) is 180 Å². The molecule has 0 radical (unpaired) electrons. The van der Waals surface area contributed by atoms with Crippen LogP contribution in [0.5, 0.6) is 0 Å².